The molecule has 0 radical (unpaired) electrons. The van der Waals surface area contributed by atoms with Crippen molar-refractivity contribution in [2.24, 2.45) is 0 Å². The standard InChI is InChI=1S/C6H12.C3H6O/c1-5(2)6(3)4;1-3(2)4/h1-4H3;1-2H3. The molecule has 0 aromatic heterocycles. The van der Waals surface area contributed by atoms with E-state index in [2.05, 4.69) is 27.7 Å². The van der Waals surface area contributed by atoms with Crippen LogP contribution in [0.15, 0.2) is 11.1 Å². The van der Waals surface area contributed by atoms with E-state index in [1.165, 1.54) is 25.0 Å². The van der Waals surface area contributed by atoms with Gasteiger partial charge in [-0.05, 0) is 41.5 Å². The van der Waals surface area contributed by atoms with Gasteiger partial charge in [0.25, 0.3) is 0 Å². The molecule has 0 atom stereocenters. The summed E-state index contributed by atoms with van der Waals surface area (Å²) in [6.07, 6.45) is 0. The highest BCUT2D eigenvalue weighted by atomic mass is 16.1. The molecule has 0 amide bonds. The summed E-state index contributed by atoms with van der Waals surface area (Å²) in [7, 11) is 0. The maximum Gasteiger partial charge on any atom is 0.126 e. The summed E-state index contributed by atoms with van der Waals surface area (Å²) in [5.41, 5.74) is 2.85. The highest BCUT2D eigenvalue weighted by Crippen LogP contribution is 1.96. The van der Waals surface area contributed by atoms with Gasteiger partial charge in [0.15, 0.2) is 0 Å². The molecular formula is C9H18O. The quantitative estimate of drug-likeness (QED) is 0.475. The normalized spacial score (nSPS) is 7.40. The summed E-state index contributed by atoms with van der Waals surface area (Å²) in [6.45, 7) is 11.5. The Morgan fingerprint density at radius 2 is 0.800 bits per heavy atom. The molecule has 0 fully saturated rings. The molecule has 0 unspecified atom stereocenters. The van der Waals surface area contributed by atoms with E-state index in [0.29, 0.717) is 0 Å². The first-order chi connectivity index (χ1) is 4.37. The van der Waals surface area contributed by atoms with E-state index < -0.39 is 0 Å². The Balaban J connectivity index is 0. The Hall–Kier alpha value is -0.590. The van der Waals surface area contributed by atoms with E-state index in [0.717, 1.165) is 0 Å². The van der Waals surface area contributed by atoms with Gasteiger partial charge in [-0.2, -0.15) is 0 Å². The summed E-state index contributed by atoms with van der Waals surface area (Å²) >= 11 is 0. The van der Waals surface area contributed by atoms with Crippen molar-refractivity contribution in [3.63, 3.8) is 0 Å². The Morgan fingerprint density at radius 3 is 0.800 bits per heavy atom. The van der Waals surface area contributed by atoms with Crippen LogP contribution < -0.4 is 0 Å². The van der Waals surface area contributed by atoms with Gasteiger partial charge >= 0.3 is 0 Å². The van der Waals surface area contributed by atoms with Crippen molar-refractivity contribution in [1.29, 1.82) is 0 Å². The molecule has 0 aromatic carbocycles. The first-order valence-corrected chi connectivity index (χ1v) is 3.45. The number of carbonyl (C=O) groups is 1. The fourth-order valence-electron chi connectivity index (χ4n) is 0. The first kappa shape index (κ1) is 12.1. The molecule has 0 spiro atoms. The van der Waals surface area contributed by atoms with Gasteiger partial charge < -0.3 is 4.79 Å². The largest absolute Gasteiger partial charge is 0.300 e. The number of rotatable bonds is 0. The molecule has 0 saturated heterocycles. The molecule has 0 heterocycles. The van der Waals surface area contributed by atoms with Crippen LogP contribution in [-0.4, -0.2) is 5.78 Å². The molecule has 10 heavy (non-hydrogen) atoms. The third-order valence-electron chi connectivity index (χ3n) is 1.00. The average Bonchev–Trinajstić information content (AvgIpc) is 1.63. The van der Waals surface area contributed by atoms with E-state index in [4.69, 9.17) is 0 Å². The molecule has 0 saturated carbocycles. The van der Waals surface area contributed by atoms with Crippen molar-refractivity contribution in [3.8, 4) is 0 Å². The first-order valence-electron chi connectivity index (χ1n) is 3.45. The van der Waals surface area contributed by atoms with Crippen LogP contribution in [0.4, 0.5) is 0 Å². The molecule has 0 aliphatic heterocycles. The van der Waals surface area contributed by atoms with Crippen LogP contribution in [0, 0.1) is 0 Å². The Kier molecular flexibility index (Phi) is 7.91. The summed E-state index contributed by atoms with van der Waals surface area (Å²) in [5.74, 6) is 0.167. The van der Waals surface area contributed by atoms with Gasteiger partial charge in [0.1, 0.15) is 5.78 Å². The SMILES string of the molecule is CC(C)=C(C)C.CC(C)=O. The Morgan fingerprint density at radius 1 is 0.700 bits per heavy atom. The highest BCUT2D eigenvalue weighted by Gasteiger charge is 1.75. The van der Waals surface area contributed by atoms with Crippen molar-refractivity contribution >= 4 is 5.78 Å². The second-order valence-electron chi connectivity index (χ2n) is 2.91. The van der Waals surface area contributed by atoms with Gasteiger partial charge in [0.2, 0.25) is 0 Å². The van der Waals surface area contributed by atoms with Crippen molar-refractivity contribution < 1.29 is 4.79 Å². The minimum absolute atomic E-state index is 0.167. The van der Waals surface area contributed by atoms with Crippen molar-refractivity contribution in [2.75, 3.05) is 0 Å². The lowest BCUT2D eigenvalue weighted by atomic mass is 10.2. The molecule has 1 nitrogen and oxygen atoms in total. The van der Waals surface area contributed by atoms with Gasteiger partial charge in [0.05, 0.1) is 0 Å². The third kappa shape index (κ3) is 26.2. The topological polar surface area (TPSA) is 17.1 Å². The maximum atomic E-state index is 9.44. The molecule has 0 bridgehead atoms. The van der Waals surface area contributed by atoms with Gasteiger partial charge in [-0.3, -0.25) is 0 Å². The number of Topliss-reactive ketones (excluding diaryl/α,β-unsaturated/α-hetero) is 1. The maximum absolute atomic E-state index is 9.44. The van der Waals surface area contributed by atoms with Crippen LogP contribution >= 0.6 is 0 Å². The minimum Gasteiger partial charge on any atom is -0.300 e. The molecule has 0 aliphatic rings. The lowest BCUT2D eigenvalue weighted by molar-refractivity contribution is -0.114. The molecular weight excluding hydrogens is 124 g/mol. The molecule has 0 aliphatic carbocycles. The molecule has 0 rings (SSSR count). The smallest absolute Gasteiger partial charge is 0.126 e. The van der Waals surface area contributed by atoms with E-state index in [9.17, 15) is 4.79 Å². The molecule has 1 heteroatoms. The molecule has 0 aromatic rings. The third-order valence-corrected chi connectivity index (χ3v) is 1.00. The van der Waals surface area contributed by atoms with Crippen molar-refractivity contribution in [2.45, 2.75) is 41.5 Å². The van der Waals surface area contributed by atoms with E-state index >= 15 is 0 Å². The van der Waals surface area contributed by atoms with Crippen LogP contribution in [0.25, 0.3) is 0 Å². The zero-order valence-electron chi connectivity index (χ0n) is 7.91. The van der Waals surface area contributed by atoms with Crippen molar-refractivity contribution in [1.82, 2.24) is 0 Å². The number of allylic oxidation sites excluding steroid dienone is 2. The van der Waals surface area contributed by atoms with Gasteiger partial charge in [-0.1, -0.05) is 11.1 Å². The van der Waals surface area contributed by atoms with E-state index in [-0.39, 0.29) is 5.78 Å². The van der Waals surface area contributed by atoms with E-state index in [1.54, 1.807) is 0 Å². The number of ketones is 1. The van der Waals surface area contributed by atoms with Crippen LogP contribution in [0.5, 0.6) is 0 Å². The average molecular weight is 142 g/mol. The summed E-state index contributed by atoms with van der Waals surface area (Å²) in [5, 5.41) is 0. The predicted octanol–water partition coefficient (Wildman–Crippen LogP) is 2.96. The Bertz CT molecular complexity index is 110. The zero-order chi connectivity index (χ0) is 8.73. The number of hydrogen-bond acceptors (Lipinski definition) is 1. The second kappa shape index (κ2) is 6.53. The van der Waals surface area contributed by atoms with Gasteiger partial charge in [-0.15, -0.1) is 0 Å². The summed E-state index contributed by atoms with van der Waals surface area (Å²) < 4.78 is 0. The monoisotopic (exact) mass is 142 g/mol. The van der Waals surface area contributed by atoms with E-state index in [1.807, 2.05) is 0 Å². The fraction of sp³-hybridized carbons (Fsp3) is 0.667. The van der Waals surface area contributed by atoms with Crippen LogP contribution in [0.3, 0.4) is 0 Å². The van der Waals surface area contributed by atoms with Crippen molar-refractivity contribution in [3.05, 3.63) is 11.1 Å². The van der Waals surface area contributed by atoms with Crippen LogP contribution in [0.2, 0.25) is 0 Å². The number of carbonyl (C=O) groups excluding carboxylic acids is 1. The number of hydrogen-bond donors (Lipinski definition) is 0. The zero-order valence-corrected chi connectivity index (χ0v) is 7.91. The Labute approximate surface area is 64.1 Å². The van der Waals surface area contributed by atoms with Gasteiger partial charge in [-0.25, -0.2) is 0 Å². The molecule has 60 valence electrons. The fourth-order valence-corrected chi connectivity index (χ4v) is 0. The second-order valence-corrected chi connectivity index (χ2v) is 2.91. The van der Waals surface area contributed by atoms with Crippen LogP contribution in [0.1, 0.15) is 41.5 Å². The lowest BCUT2D eigenvalue weighted by Gasteiger charge is -1.88. The summed E-state index contributed by atoms with van der Waals surface area (Å²) in [4.78, 5) is 9.44. The summed E-state index contributed by atoms with van der Waals surface area (Å²) in [6, 6.07) is 0. The van der Waals surface area contributed by atoms with Crippen LogP contribution in [-0.2, 0) is 4.79 Å². The van der Waals surface area contributed by atoms with Gasteiger partial charge in [0, 0.05) is 0 Å². The molecule has 0 N–H and O–H groups in total. The lowest BCUT2D eigenvalue weighted by Crippen LogP contribution is -1.69. The predicted molar refractivity (Wildman–Crippen MR) is 46.1 cm³/mol. The highest BCUT2D eigenvalue weighted by molar-refractivity contribution is 5.72. The minimum atomic E-state index is 0.167.